The predicted octanol–water partition coefficient (Wildman–Crippen LogP) is 3.01. The van der Waals surface area contributed by atoms with Gasteiger partial charge in [0.1, 0.15) is 0 Å². The first-order valence-corrected chi connectivity index (χ1v) is 3.63. The predicted molar refractivity (Wildman–Crippen MR) is 45.8 cm³/mol. The Morgan fingerprint density at radius 3 is 0.909 bits per heavy atom. The van der Waals surface area contributed by atoms with E-state index in [9.17, 15) is 0 Å². The molecule has 2 aliphatic rings. The number of hydrogen-bond donors (Lipinski definition) is 0. The molecule has 0 saturated heterocycles. The van der Waals surface area contributed by atoms with Gasteiger partial charge in [0.2, 0.25) is 0 Å². The largest absolute Gasteiger partial charge is 0.0808 e. The van der Waals surface area contributed by atoms with Crippen LogP contribution < -0.4 is 0 Å². The van der Waals surface area contributed by atoms with Gasteiger partial charge >= 0.3 is 0 Å². The van der Waals surface area contributed by atoms with Gasteiger partial charge in [-0.2, -0.15) is 0 Å². The first-order valence-electron chi connectivity index (χ1n) is 3.63. The summed E-state index contributed by atoms with van der Waals surface area (Å²) in [6, 6.07) is 0. The molecule has 1 heteroatoms. The van der Waals surface area contributed by atoms with Crippen molar-refractivity contribution in [2.24, 2.45) is 0 Å². The molecule has 11 heavy (non-hydrogen) atoms. The second-order valence-electron chi connectivity index (χ2n) is 2.18. The van der Waals surface area contributed by atoms with Gasteiger partial charge in [-0.15, -0.1) is 0 Å². The van der Waals surface area contributed by atoms with Gasteiger partial charge in [-0.3, -0.25) is 0 Å². The Labute approximate surface area is 96.4 Å². The summed E-state index contributed by atoms with van der Waals surface area (Å²) in [6.45, 7) is 0. The molecule has 0 nitrogen and oxygen atoms in total. The van der Waals surface area contributed by atoms with E-state index in [1.165, 1.54) is 0 Å². The maximum absolute atomic E-state index is 2.12. The molecular formula is C10H12La. The van der Waals surface area contributed by atoms with Crippen molar-refractivity contribution < 1.29 is 35.6 Å². The van der Waals surface area contributed by atoms with Gasteiger partial charge < -0.3 is 0 Å². The zero-order valence-corrected chi connectivity index (χ0v) is 10.2. The Morgan fingerprint density at radius 1 is 0.545 bits per heavy atom. The molecule has 0 aromatic rings. The first-order chi connectivity index (χ1) is 5.00. The molecule has 0 fully saturated rings. The molecule has 0 atom stereocenters. The molecule has 55 valence electrons. The fourth-order valence-electron chi connectivity index (χ4n) is 0.786. The van der Waals surface area contributed by atoms with Crippen LogP contribution in [0.2, 0.25) is 0 Å². The molecule has 2 aliphatic carbocycles. The Hall–Kier alpha value is 0.155. The van der Waals surface area contributed by atoms with Crippen LogP contribution in [-0.4, -0.2) is 0 Å². The van der Waals surface area contributed by atoms with Gasteiger partial charge in [0.15, 0.2) is 0 Å². The monoisotopic (exact) mass is 271 g/mol. The third-order valence-corrected chi connectivity index (χ3v) is 1.31. The van der Waals surface area contributed by atoms with Crippen molar-refractivity contribution in [2.75, 3.05) is 0 Å². The van der Waals surface area contributed by atoms with Gasteiger partial charge in [-0.25, -0.2) is 0 Å². The van der Waals surface area contributed by atoms with E-state index < -0.39 is 0 Å². The molecule has 0 saturated carbocycles. The second-order valence-corrected chi connectivity index (χ2v) is 2.18. The van der Waals surface area contributed by atoms with Crippen molar-refractivity contribution in [3.8, 4) is 0 Å². The van der Waals surface area contributed by atoms with Crippen molar-refractivity contribution in [3.63, 3.8) is 0 Å². The maximum Gasteiger partial charge on any atom is 0 e. The van der Waals surface area contributed by atoms with E-state index in [1.807, 2.05) is 0 Å². The quantitative estimate of drug-likeness (QED) is 0.635. The van der Waals surface area contributed by atoms with Crippen molar-refractivity contribution in [2.45, 2.75) is 12.8 Å². The summed E-state index contributed by atoms with van der Waals surface area (Å²) < 4.78 is 0. The van der Waals surface area contributed by atoms with Crippen LogP contribution in [0.5, 0.6) is 0 Å². The van der Waals surface area contributed by atoms with Crippen LogP contribution >= 0.6 is 0 Å². The molecule has 0 spiro atoms. The minimum atomic E-state index is 0. The van der Waals surface area contributed by atoms with Gasteiger partial charge in [0.05, 0.1) is 0 Å². The summed E-state index contributed by atoms with van der Waals surface area (Å²) in [5.41, 5.74) is 0. The van der Waals surface area contributed by atoms with E-state index in [0.29, 0.717) is 0 Å². The minimum absolute atomic E-state index is 0. The second kappa shape index (κ2) is 8.25. The Balaban J connectivity index is 0.000000167. The van der Waals surface area contributed by atoms with Crippen LogP contribution in [0, 0.1) is 35.6 Å². The standard InChI is InChI=1S/2C5H6.La/c2*1-2-4-5-3-1;/h2*1-4H,5H2;. The van der Waals surface area contributed by atoms with E-state index in [0.717, 1.165) is 12.8 Å². The van der Waals surface area contributed by atoms with Crippen molar-refractivity contribution in [1.82, 2.24) is 0 Å². The fourth-order valence-corrected chi connectivity index (χ4v) is 0.786. The summed E-state index contributed by atoms with van der Waals surface area (Å²) in [7, 11) is 0. The molecule has 2 rings (SSSR count). The smallest absolute Gasteiger partial charge is 0 e. The molecular weight excluding hydrogens is 259 g/mol. The Morgan fingerprint density at radius 2 is 0.818 bits per heavy atom. The SMILES string of the molecule is C1=CCC=C1.C1=CCC=C1.[La]. The number of hydrogen-bond acceptors (Lipinski definition) is 0. The van der Waals surface area contributed by atoms with E-state index in [-0.39, 0.29) is 35.6 Å². The molecule has 0 unspecified atom stereocenters. The number of allylic oxidation sites excluding steroid dienone is 8. The maximum atomic E-state index is 2.12. The van der Waals surface area contributed by atoms with E-state index >= 15 is 0 Å². The van der Waals surface area contributed by atoms with E-state index in [1.54, 1.807) is 0 Å². The Bertz CT molecular complexity index is 143. The van der Waals surface area contributed by atoms with Crippen LogP contribution in [0.4, 0.5) is 0 Å². The Kier molecular flexibility index (Phi) is 8.37. The van der Waals surface area contributed by atoms with Gasteiger partial charge in [-0.05, 0) is 12.8 Å². The molecule has 0 aromatic heterocycles. The van der Waals surface area contributed by atoms with Gasteiger partial charge in [0.25, 0.3) is 0 Å². The average molecular weight is 271 g/mol. The zero-order chi connectivity index (χ0) is 7.07. The topological polar surface area (TPSA) is 0 Å². The zero-order valence-electron chi connectivity index (χ0n) is 6.61. The summed E-state index contributed by atoms with van der Waals surface area (Å²) >= 11 is 0. The average Bonchev–Trinajstić information content (AvgIpc) is 2.67. The molecule has 0 N–H and O–H groups in total. The molecule has 0 heterocycles. The molecule has 0 aliphatic heterocycles. The van der Waals surface area contributed by atoms with Gasteiger partial charge in [0, 0.05) is 35.6 Å². The molecule has 0 aromatic carbocycles. The molecule has 0 bridgehead atoms. The van der Waals surface area contributed by atoms with Crippen molar-refractivity contribution >= 4 is 0 Å². The summed E-state index contributed by atoms with van der Waals surface area (Å²) in [4.78, 5) is 0. The fraction of sp³-hybridized carbons (Fsp3) is 0.200. The van der Waals surface area contributed by atoms with Crippen LogP contribution in [0.1, 0.15) is 12.8 Å². The molecule has 1 radical (unpaired) electrons. The minimum Gasteiger partial charge on any atom is -0.0808 e. The summed E-state index contributed by atoms with van der Waals surface area (Å²) in [5.74, 6) is 0. The third kappa shape index (κ3) is 6.55. The molecule has 0 amide bonds. The first kappa shape index (κ1) is 11.2. The van der Waals surface area contributed by atoms with Crippen molar-refractivity contribution in [3.05, 3.63) is 48.6 Å². The normalized spacial score (nSPS) is 16.0. The van der Waals surface area contributed by atoms with E-state index in [2.05, 4.69) is 48.6 Å². The number of rotatable bonds is 0. The third-order valence-electron chi connectivity index (χ3n) is 1.31. The van der Waals surface area contributed by atoms with Gasteiger partial charge in [-0.1, -0.05) is 48.6 Å². The summed E-state index contributed by atoms with van der Waals surface area (Å²) in [5, 5.41) is 0. The van der Waals surface area contributed by atoms with E-state index in [4.69, 9.17) is 0 Å². The van der Waals surface area contributed by atoms with Crippen molar-refractivity contribution in [1.29, 1.82) is 0 Å². The van der Waals surface area contributed by atoms with Crippen LogP contribution in [0.3, 0.4) is 0 Å². The van der Waals surface area contributed by atoms with Crippen LogP contribution in [-0.2, 0) is 0 Å². The van der Waals surface area contributed by atoms with Crippen LogP contribution in [0.25, 0.3) is 0 Å². The van der Waals surface area contributed by atoms with Crippen LogP contribution in [0.15, 0.2) is 48.6 Å². The summed E-state index contributed by atoms with van der Waals surface area (Å²) in [6.07, 6.45) is 19.0.